The Balaban J connectivity index is 1.72. The standard InChI is InChI=1S/C27H21ClN6O4S/c1-3-33-25(17-7-6-8-20(28)14-17)31-32-27(33)39-24-12-11-21(34(36)37)15-18(24)13-19(16-29)26(35)30-22-9-4-5-10-23(22)38-2/h4-15H,3H2,1-2H3,(H,30,35)/b19-13+. The van der Waals surface area contributed by atoms with Gasteiger partial charge in [0.25, 0.3) is 11.6 Å². The van der Waals surface area contributed by atoms with Crippen molar-refractivity contribution in [2.45, 2.75) is 23.5 Å². The fourth-order valence-electron chi connectivity index (χ4n) is 3.69. The number of nitro groups is 1. The molecular weight excluding hydrogens is 540 g/mol. The van der Waals surface area contributed by atoms with Crippen molar-refractivity contribution in [3.63, 3.8) is 0 Å². The molecule has 3 aromatic carbocycles. The molecule has 10 nitrogen and oxygen atoms in total. The number of nitriles is 1. The summed E-state index contributed by atoms with van der Waals surface area (Å²) in [5.41, 5.74) is 1.02. The Labute approximate surface area is 233 Å². The van der Waals surface area contributed by atoms with Gasteiger partial charge in [0.2, 0.25) is 0 Å². The smallest absolute Gasteiger partial charge is 0.270 e. The molecule has 0 spiro atoms. The number of para-hydroxylation sites is 2. The SMILES string of the molecule is CCn1c(Sc2ccc([N+](=O)[O-])cc2/C=C(\C#N)C(=O)Nc2ccccc2OC)nnc1-c1cccc(Cl)c1. The quantitative estimate of drug-likeness (QED) is 0.110. The van der Waals surface area contributed by atoms with Crippen molar-refractivity contribution in [1.82, 2.24) is 14.8 Å². The van der Waals surface area contributed by atoms with Crippen LogP contribution in [0.5, 0.6) is 5.75 Å². The minimum Gasteiger partial charge on any atom is -0.495 e. The zero-order valence-electron chi connectivity index (χ0n) is 20.8. The highest BCUT2D eigenvalue weighted by Crippen LogP contribution is 2.35. The molecule has 12 heteroatoms. The van der Waals surface area contributed by atoms with Crippen LogP contribution in [0.4, 0.5) is 11.4 Å². The molecular formula is C27H21ClN6O4S. The van der Waals surface area contributed by atoms with Crippen molar-refractivity contribution in [3.8, 4) is 23.2 Å². The van der Waals surface area contributed by atoms with Crippen LogP contribution in [0.3, 0.4) is 0 Å². The molecule has 4 aromatic rings. The maximum absolute atomic E-state index is 13.0. The lowest BCUT2D eigenvalue weighted by Gasteiger charge is -2.11. The predicted molar refractivity (Wildman–Crippen MR) is 149 cm³/mol. The number of rotatable bonds is 9. The molecule has 1 aromatic heterocycles. The van der Waals surface area contributed by atoms with E-state index in [1.807, 2.05) is 29.7 Å². The van der Waals surface area contributed by atoms with Crippen molar-refractivity contribution < 1.29 is 14.5 Å². The Kier molecular flexibility index (Phi) is 8.60. The Morgan fingerprint density at radius 1 is 1.21 bits per heavy atom. The molecule has 0 fully saturated rings. The number of ether oxygens (including phenoxy) is 1. The second-order valence-corrected chi connectivity index (χ2v) is 9.41. The molecule has 0 radical (unpaired) electrons. The van der Waals surface area contributed by atoms with Crippen molar-refractivity contribution in [3.05, 3.63) is 93.0 Å². The molecule has 1 heterocycles. The van der Waals surface area contributed by atoms with Gasteiger partial charge in [-0.3, -0.25) is 14.9 Å². The number of carbonyl (C=O) groups excluding carboxylic acids is 1. The first-order valence-corrected chi connectivity index (χ1v) is 12.8. The van der Waals surface area contributed by atoms with Gasteiger partial charge in [0, 0.05) is 34.2 Å². The molecule has 39 heavy (non-hydrogen) atoms. The zero-order chi connectivity index (χ0) is 27.9. The van der Waals surface area contributed by atoms with E-state index < -0.39 is 10.8 Å². The predicted octanol–water partition coefficient (Wildman–Crippen LogP) is 6.23. The highest BCUT2D eigenvalue weighted by Gasteiger charge is 2.19. The van der Waals surface area contributed by atoms with E-state index in [0.717, 1.165) is 5.56 Å². The van der Waals surface area contributed by atoms with Gasteiger partial charge < -0.3 is 14.6 Å². The van der Waals surface area contributed by atoms with E-state index in [1.165, 1.54) is 37.1 Å². The van der Waals surface area contributed by atoms with Crippen molar-refractivity contribution >= 4 is 46.7 Å². The minimum absolute atomic E-state index is 0.190. The van der Waals surface area contributed by atoms with Crippen LogP contribution in [0.1, 0.15) is 12.5 Å². The molecule has 196 valence electrons. The maximum Gasteiger partial charge on any atom is 0.270 e. The summed E-state index contributed by atoms with van der Waals surface area (Å²) in [5, 5.41) is 33.6. The number of amides is 1. The lowest BCUT2D eigenvalue weighted by Crippen LogP contribution is -2.14. The van der Waals surface area contributed by atoms with Gasteiger partial charge in [-0.25, -0.2) is 0 Å². The van der Waals surface area contributed by atoms with Crippen LogP contribution < -0.4 is 10.1 Å². The Morgan fingerprint density at radius 3 is 2.69 bits per heavy atom. The summed E-state index contributed by atoms with van der Waals surface area (Å²) in [6.07, 6.45) is 1.31. The van der Waals surface area contributed by atoms with E-state index in [-0.39, 0.29) is 11.3 Å². The minimum atomic E-state index is -0.690. The fourth-order valence-corrected chi connectivity index (χ4v) is 4.85. The number of benzene rings is 3. The monoisotopic (exact) mass is 560 g/mol. The lowest BCUT2D eigenvalue weighted by molar-refractivity contribution is -0.384. The molecule has 0 atom stereocenters. The third-order valence-electron chi connectivity index (χ3n) is 5.54. The summed E-state index contributed by atoms with van der Waals surface area (Å²) in [4.78, 5) is 24.4. The summed E-state index contributed by atoms with van der Waals surface area (Å²) in [5.74, 6) is 0.337. The number of nitrogens with one attached hydrogen (secondary N) is 1. The van der Waals surface area contributed by atoms with E-state index in [2.05, 4.69) is 15.5 Å². The number of nitro benzene ring substituents is 1. The van der Waals surface area contributed by atoms with Crippen LogP contribution >= 0.6 is 23.4 Å². The first-order valence-electron chi connectivity index (χ1n) is 11.6. The molecule has 4 rings (SSSR count). The van der Waals surface area contributed by atoms with Crippen LogP contribution in [-0.2, 0) is 11.3 Å². The molecule has 0 unspecified atom stereocenters. The van der Waals surface area contributed by atoms with Gasteiger partial charge in [-0.05, 0) is 60.7 Å². The molecule has 0 aliphatic rings. The van der Waals surface area contributed by atoms with Crippen LogP contribution in [0.2, 0.25) is 5.02 Å². The number of non-ortho nitro benzene ring substituents is 1. The summed E-state index contributed by atoms with van der Waals surface area (Å²) >= 11 is 7.36. The van der Waals surface area contributed by atoms with Crippen LogP contribution in [0.25, 0.3) is 17.5 Å². The van der Waals surface area contributed by atoms with Gasteiger partial charge in [-0.15, -0.1) is 10.2 Å². The second kappa shape index (κ2) is 12.3. The fraction of sp³-hybridized carbons (Fsp3) is 0.111. The molecule has 0 aliphatic carbocycles. The summed E-state index contributed by atoms with van der Waals surface area (Å²) in [6, 6.07) is 20.1. The summed E-state index contributed by atoms with van der Waals surface area (Å²) < 4.78 is 7.13. The van der Waals surface area contributed by atoms with Crippen LogP contribution in [-0.4, -0.2) is 32.7 Å². The first-order chi connectivity index (χ1) is 18.8. The van der Waals surface area contributed by atoms with E-state index >= 15 is 0 Å². The number of halogens is 1. The third kappa shape index (κ3) is 6.26. The first kappa shape index (κ1) is 27.4. The number of nitrogens with zero attached hydrogens (tertiary/aromatic N) is 5. The Hall–Kier alpha value is -4.66. The topological polar surface area (TPSA) is 136 Å². The molecule has 0 saturated carbocycles. The number of methoxy groups -OCH3 is 1. The lowest BCUT2D eigenvalue weighted by atomic mass is 10.1. The zero-order valence-corrected chi connectivity index (χ0v) is 22.4. The number of anilines is 1. The third-order valence-corrected chi connectivity index (χ3v) is 6.85. The van der Waals surface area contributed by atoms with Crippen LogP contribution in [0.15, 0.2) is 82.4 Å². The average Bonchev–Trinajstić information content (AvgIpc) is 3.35. The van der Waals surface area contributed by atoms with E-state index in [0.29, 0.717) is 44.4 Å². The largest absolute Gasteiger partial charge is 0.495 e. The van der Waals surface area contributed by atoms with Gasteiger partial charge in [0.15, 0.2) is 11.0 Å². The van der Waals surface area contributed by atoms with E-state index in [9.17, 15) is 20.2 Å². The van der Waals surface area contributed by atoms with E-state index in [1.54, 1.807) is 42.5 Å². The van der Waals surface area contributed by atoms with Gasteiger partial charge >= 0.3 is 0 Å². The van der Waals surface area contributed by atoms with Gasteiger partial charge in [-0.2, -0.15) is 5.26 Å². The number of aromatic nitrogens is 3. The van der Waals surface area contributed by atoms with E-state index in [4.69, 9.17) is 16.3 Å². The van der Waals surface area contributed by atoms with Crippen LogP contribution in [0, 0.1) is 21.4 Å². The number of carbonyl (C=O) groups is 1. The summed E-state index contributed by atoms with van der Waals surface area (Å²) in [7, 11) is 1.46. The number of hydrogen-bond acceptors (Lipinski definition) is 8. The molecule has 0 saturated heterocycles. The highest BCUT2D eigenvalue weighted by atomic mass is 35.5. The van der Waals surface area contributed by atoms with Gasteiger partial charge in [0.05, 0.1) is 17.7 Å². The second-order valence-electron chi connectivity index (χ2n) is 7.97. The molecule has 0 bridgehead atoms. The maximum atomic E-state index is 13.0. The number of hydrogen-bond donors (Lipinski definition) is 1. The normalized spacial score (nSPS) is 11.1. The van der Waals surface area contributed by atoms with Gasteiger partial charge in [-0.1, -0.05) is 35.9 Å². The highest BCUT2D eigenvalue weighted by molar-refractivity contribution is 7.99. The molecule has 1 N–H and O–H groups in total. The van der Waals surface area contributed by atoms with Crippen molar-refractivity contribution in [2.24, 2.45) is 0 Å². The Morgan fingerprint density at radius 2 is 2.00 bits per heavy atom. The molecule has 1 amide bonds. The molecule has 0 aliphatic heterocycles. The van der Waals surface area contributed by atoms with Crippen molar-refractivity contribution in [2.75, 3.05) is 12.4 Å². The van der Waals surface area contributed by atoms with Crippen molar-refractivity contribution in [1.29, 1.82) is 5.26 Å². The Bertz CT molecular complexity index is 1630. The average molecular weight is 561 g/mol. The summed E-state index contributed by atoms with van der Waals surface area (Å²) in [6.45, 7) is 2.48. The van der Waals surface area contributed by atoms with Gasteiger partial charge in [0.1, 0.15) is 17.4 Å².